The highest BCUT2D eigenvalue weighted by Gasteiger charge is 2.42. The van der Waals surface area contributed by atoms with Gasteiger partial charge >= 0.3 is 6.61 Å². The minimum absolute atomic E-state index is 0.00868. The molecule has 4 nitrogen and oxygen atoms in total. The SMILES string of the molecule is CC(NC(=O)C1CC(F)(F)CN1)c1ccc(OC(F)F)cc1. The van der Waals surface area contributed by atoms with E-state index in [1.165, 1.54) is 24.3 Å². The third-order valence-corrected chi connectivity index (χ3v) is 3.39. The van der Waals surface area contributed by atoms with Gasteiger partial charge in [-0.15, -0.1) is 0 Å². The van der Waals surface area contributed by atoms with Crippen LogP contribution in [-0.4, -0.2) is 31.0 Å². The monoisotopic (exact) mass is 320 g/mol. The average Bonchev–Trinajstić information content (AvgIpc) is 2.79. The first-order chi connectivity index (χ1) is 10.3. The fraction of sp³-hybridized carbons (Fsp3) is 0.500. The molecule has 0 aromatic heterocycles. The van der Waals surface area contributed by atoms with Crippen molar-refractivity contribution < 1.29 is 27.1 Å². The second-order valence-electron chi connectivity index (χ2n) is 5.17. The number of halogens is 4. The van der Waals surface area contributed by atoms with Gasteiger partial charge in [0.2, 0.25) is 5.91 Å². The van der Waals surface area contributed by atoms with E-state index >= 15 is 0 Å². The van der Waals surface area contributed by atoms with E-state index in [-0.39, 0.29) is 5.75 Å². The van der Waals surface area contributed by atoms with Crippen LogP contribution in [0, 0.1) is 0 Å². The number of alkyl halides is 4. The van der Waals surface area contributed by atoms with Crippen LogP contribution in [-0.2, 0) is 4.79 Å². The van der Waals surface area contributed by atoms with Gasteiger partial charge in [-0.1, -0.05) is 12.1 Å². The largest absolute Gasteiger partial charge is 0.435 e. The van der Waals surface area contributed by atoms with Crippen molar-refractivity contribution >= 4 is 5.91 Å². The summed E-state index contributed by atoms with van der Waals surface area (Å²) in [6.45, 7) is -1.74. The lowest BCUT2D eigenvalue weighted by Crippen LogP contribution is -2.41. The Morgan fingerprint density at radius 1 is 1.36 bits per heavy atom. The minimum Gasteiger partial charge on any atom is -0.435 e. The highest BCUT2D eigenvalue weighted by atomic mass is 19.3. The lowest BCUT2D eigenvalue weighted by molar-refractivity contribution is -0.124. The third-order valence-electron chi connectivity index (χ3n) is 3.39. The third kappa shape index (κ3) is 4.33. The summed E-state index contributed by atoms with van der Waals surface area (Å²) in [4.78, 5) is 11.9. The van der Waals surface area contributed by atoms with E-state index in [9.17, 15) is 22.4 Å². The van der Waals surface area contributed by atoms with Crippen LogP contribution in [0.4, 0.5) is 17.6 Å². The molecule has 2 unspecified atom stereocenters. The van der Waals surface area contributed by atoms with Crippen molar-refractivity contribution in [2.75, 3.05) is 6.54 Å². The molecule has 0 bridgehead atoms. The number of ether oxygens (including phenoxy) is 1. The summed E-state index contributed by atoms with van der Waals surface area (Å²) in [6.07, 6.45) is -0.535. The number of hydrogen-bond donors (Lipinski definition) is 2. The summed E-state index contributed by atoms with van der Waals surface area (Å²) in [5.74, 6) is -3.38. The Balaban J connectivity index is 1.91. The summed E-state index contributed by atoms with van der Waals surface area (Å²) >= 11 is 0. The maximum atomic E-state index is 13.0. The van der Waals surface area contributed by atoms with Crippen LogP contribution in [0.15, 0.2) is 24.3 Å². The molecular formula is C14H16F4N2O2. The Kier molecular flexibility index (Phi) is 4.90. The first-order valence-corrected chi connectivity index (χ1v) is 6.73. The van der Waals surface area contributed by atoms with Crippen molar-refractivity contribution in [2.24, 2.45) is 0 Å². The Hall–Kier alpha value is -1.83. The predicted molar refractivity (Wildman–Crippen MR) is 71.0 cm³/mol. The van der Waals surface area contributed by atoms with Crippen molar-refractivity contribution in [3.05, 3.63) is 29.8 Å². The van der Waals surface area contributed by atoms with Gasteiger partial charge in [0.1, 0.15) is 5.75 Å². The number of hydrogen-bond acceptors (Lipinski definition) is 3. The molecule has 1 aromatic carbocycles. The fourth-order valence-electron chi connectivity index (χ4n) is 2.24. The molecule has 1 heterocycles. The highest BCUT2D eigenvalue weighted by molar-refractivity contribution is 5.82. The van der Waals surface area contributed by atoms with E-state index in [1.807, 2.05) is 0 Å². The Bertz CT molecular complexity index is 522. The molecule has 2 rings (SSSR count). The minimum atomic E-state index is -2.90. The molecule has 1 aliphatic heterocycles. The molecule has 2 atom stereocenters. The zero-order valence-electron chi connectivity index (χ0n) is 11.8. The van der Waals surface area contributed by atoms with Crippen molar-refractivity contribution in [1.82, 2.24) is 10.6 Å². The van der Waals surface area contributed by atoms with Crippen LogP contribution in [0.3, 0.4) is 0 Å². The number of benzene rings is 1. The Morgan fingerprint density at radius 2 is 2.00 bits per heavy atom. The van der Waals surface area contributed by atoms with E-state index in [0.717, 1.165) is 0 Å². The molecule has 2 N–H and O–H groups in total. The normalized spacial score (nSPS) is 21.6. The maximum absolute atomic E-state index is 13.0. The topological polar surface area (TPSA) is 50.4 Å². The predicted octanol–water partition coefficient (Wildman–Crippen LogP) is 2.46. The van der Waals surface area contributed by atoms with E-state index in [4.69, 9.17) is 0 Å². The van der Waals surface area contributed by atoms with Gasteiger partial charge in [-0.25, -0.2) is 8.78 Å². The average molecular weight is 320 g/mol. The van der Waals surface area contributed by atoms with Crippen LogP contribution in [0.5, 0.6) is 5.75 Å². The first-order valence-electron chi connectivity index (χ1n) is 6.73. The number of amides is 1. The van der Waals surface area contributed by atoms with Gasteiger partial charge in [-0.2, -0.15) is 8.78 Å². The van der Waals surface area contributed by atoms with Gasteiger partial charge in [0.15, 0.2) is 0 Å². The summed E-state index contributed by atoms with van der Waals surface area (Å²) in [5.41, 5.74) is 0.653. The van der Waals surface area contributed by atoms with Crippen LogP contribution >= 0.6 is 0 Å². The molecule has 1 aliphatic rings. The first kappa shape index (κ1) is 16.5. The molecule has 22 heavy (non-hydrogen) atoms. The molecule has 8 heteroatoms. The fourth-order valence-corrected chi connectivity index (χ4v) is 2.24. The second-order valence-corrected chi connectivity index (χ2v) is 5.17. The van der Waals surface area contributed by atoms with E-state index in [1.54, 1.807) is 6.92 Å². The van der Waals surface area contributed by atoms with Crippen LogP contribution in [0.2, 0.25) is 0 Å². The van der Waals surface area contributed by atoms with E-state index in [2.05, 4.69) is 15.4 Å². The molecule has 122 valence electrons. The summed E-state index contributed by atoms with van der Waals surface area (Å²) < 4.78 is 54.4. The maximum Gasteiger partial charge on any atom is 0.387 e. The quantitative estimate of drug-likeness (QED) is 0.820. The molecule has 1 amide bonds. The summed E-state index contributed by atoms with van der Waals surface area (Å²) in [7, 11) is 0. The molecular weight excluding hydrogens is 304 g/mol. The van der Waals surface area contributed by atoms with Gasteiger partial charge < -0.3 is 10.1 Å². The zero-order chi connectivity index (χ0) is 16.3. The molecule has 1 fully saturated rings. The standard InChI is InChI=1S/C14H16F4N2O2/c1-8(9-2-4-10(5-3-9)22-13(15)16)20-12(21)11-6-14(17,18)7-19-11/h2-5,8,11,13,19H,6-7H2,1H3,(H,20,21). The molecule has 1 aromatic rings. The van der Waals surface area contributed by atoms with Crippen LogP contribution < -0.4 is 15.4 Å². The molecule has 0 spiro atoms. The summed E-state index contributed by atoms with van der Waals surface area (Å²) in [6, 6.07) is 4.39. The summed E-state index contributed by atoms with van der Waals surface area (Å²) in [5, 5.41) is 5.08. The van der Waals surface area contributed by atoms with E-state index < -0.39 is 43.5 Å². The Morgan fingerprint density at radius 3 is 2.50 bits per heavy atom. The van der Waals surface area contributed by atoms with Crippen LogP contribution in [0.25, 0.3) is 0 Å². The van der Waals surface area contributed by atoms with E-state index in [0.29, 0.717) is 5.56 Å². The van der Waals surface area contributed by atoms with Gasteiger partial charge in [0, 0.05) is 6.42 Å². The molecule has 0 saturated carbocycles. The van der Waals surface area contributed by atoms with Crippen molar-refractivity contribution in [3.8, 4) is 5.75 Å². The van der Waals surface area contributed by atoms with Gasteiger partial charge in [0.25, 0.3) is 5.92 Å². The zero-order valence-corrected chi connectivity index (χ0v) is 11.8. The second kappa shape index (κ2) is 6.51. The van der Waals surface area contributed by atoms with Gasteiger partial charge in [-0.05, 0) is 24.6 Å². The van der Waals surface area contributed by atoms with Crippen LogP contribution in [0.1, 0.15) is 24.9 Å². The number of rotatable bonds is 5. The number of nitrogens with one attached hydrogen (secondary N) is 2. The molecule has 0 aliphatic carbocycles. The lowest BCUT2D eigenvalue weighted by atomic mass is 10.1. The van der Waals surface area contributed by atoms with Crippen molar-refractivity contribution in [3.63, 3.8) is 0 Å². The molecule has 1 saturated heterocycles. The number of carbonyl (C=O) groups excluding carboxylic acids is 1. The smallest absolute Gasteiger partial charge is 0.387 e. The van der Waals surface area contributed by atoms with Gasteiger partial charge in [0.05, 0.1) is 18.6 Å². The van der Waals surface area contributed by atoms with Gasteiger partial charge in [-0.3, -0.25) is 10.1 Å². The highest BCUT2D eigenvalue weighted by Crippen LogP contribution is 2.26. The Labute approximate surface area is 124 Å². The van der Waals surface area contributed by atoms with Crippen molar-refractivity contribution in [1.29, 1.82) is 0 Å². The lowest BCUT2D eigenvalue weighted by Gasteiger charge is -2.18. The van der Waals surface area contributed by atoms with Crippen molar-refractivity contribution in [2.45, 2.75) is 38.0 Å². The number of carbonyl (C=O) groups is 1. The molecule has 0 radical (unpaired) electrons.